The van der Waals surface area contributed by atoms with E-state index in [1.54, 1.807) is 30.3 Å². The average molecular weight is 259 g/mol. The topological polar surface area (TPSA) is 61.6 Å². The molecule has 1 aromatic carbocycles. The number of nitrogens with zero attached hydrogens (tertiary/aromatic N) is 1. The Morgan fingerprint density at radius 1 is 1.32 bits per heavy atom. The van der Waals surface area contributed by atoms with Gasteiger partial charge in [0.05, 0.1) is 7.11 Å². The molecule has 5 nitrogen and oxygen atoms in total. The number of rotatable bonds is 4. The molecule has 0 bridgehead atoms. The van der Waals surface area contributed by atoms with Crippen LogP contribution in [-0.2, 0) is 0 Å². The Bertz CT molecular complexity index is 601. The molecule has 0 saturated heterocycles. The van der Waals surface area contributed by atoms with E-state index in [2.05, 4.69) is 5.16 Å². The van der Waals surface area contributed by atoms with Crippen molar-refractivity contribution in [2.24, 2.45) is 0 Å². The summed E-state index contributed by atoms with van der Waals surface area (Å²) in [6.07, 6.45) is 2.19. The Morgan fingerprint density at radius 2 is 2.05 bits per heavy atom. The molecule has 0 unspecified atom stereocenters. The number of methoxy groups -OCH3 is 1. The highest BCUT2D eigenvalue weighted by Gasteiger charge is 2.29. The van der Waals surface area contributed by atoms with Crippen molar-refractivity contribution in [2.45, 2.75) is 18.8 Å². The minimum Gasteiger partial charge on any atom is -0.493 e. The van der Waals surface area contributed by atoms with Crippen molar-refractivity contribution in [2.75, 3.05) is 7.11 Å². The van der Waals surface area contributed by atoms with Gasteiger partial charge in [0, 0.05) is 12.0 Å². The summed E-state index contributed by atoms with van der Waals surface area (Å²) < 4.78 is 15.5. The Hall–Kier alpha value is -2.30. The van der Waals surface area contributed by atoms with Gasteiger partial charge in [0.15, 0.2) is 17.2 Å². The molecule has 0 radical (unpaired) electrons. The number of hydrogen-bond donors (Lipinski definition) is 0. The third-order valence-corrected chi connectivity index (χ3v) is 2.99. The van der Waals surface area contributed by atoms with E-state index in [0.29, 0.717) is 17.4 Å². The van der Waals surface area contributed by atoms with Crippen LogP contribution in [0.3, 0.4) is 0 Å². The second-order valence-electron chi connectivity index (χ2n) is 4.43. The lowest BCUT2D eigenvalue weighted by Crippen LogP contribution is -2.09. The van der Waals surface area contributed by atoms with E-state index in [9.17, 15) is 4.79 Å². The molecule has 1 fully saturated rings. The summed E-state index contributed by atoms with van der Waals surface area (Å²) in [7, 11) is 1.52. The van der Waals surface area contributed by atoms with Crippen LogP contribution >= 0.6 is 0 Å². The van der Waals surface area contributed by atoms with E-state index in [4.69, 9.17) is 14.0 Å². The lowest BCUT2D eigenvalue weighted by atomic mass is 10.3. The van der Waals surface area contributed by atoms with Gasteiger partial charge in [-0.2, -0.15) is 0 Å². The largest absolute Gasteiger partial charge is 0.493 e. The fourth-order valence-electron chi connectivity index (χ4n) is 1.80. The number of hydrogen-bond acceptors (Lipinski definition) is 5. The van der Waals surface area contributed by atoms with Crippen molar-refractivity contribution < 1.29 is 18.8 Å². The summed E-state index contributed by atoms with van der Waals surface area (Å²) in [5, 5.41) is 3.74. The molecule has 19 heavy (non-hydrogen) atoms. The normalized spacial score (nSPS) is 14.2. The number of carbonyl (C=O) groups is 1. The monoisotopic (exact) mass is 259 g/mol. The second-order valence-corrected chi connectivity index (χ2v) is 4.43. The molecule has 2 aromatic rings. The van der Waals surface area contributed by atoms with Crippen LogP contribution in [0.25, 0.3) is 0 Å². The van der Waals surface area contributed by atoms with E-state index in [1.165, 1.54) is 7.11 Å². The Labute approximate surface area is 110 Å². The first-order chi connectivity index (χ1) is 9.28. The highest BCUT2D eigenvalue weighted by molar-refractivity contribution is 5.89. The van der Waals surface area contributed by atoms with Crippen molar-refractivity contribution >= 4 is 5.97 Å². The van der Waals surface area contributed by atoms with E-state index in [1.807, 2.05) is 0 Å². The van der Waals surface area contributed by atoms with Crippen molar-refractivity contribution in [3.05, 3.63) is 41.8 Å². The van der Waals surface area contributed by atoms with Crippen molar-refractivity contribution in [1.29, 1.82) is 0 Å². The van der Waals surface area contributed by atoms with E-state index in [0.717, 1.165) is 18.6 Å². The Balaban J connectivity index is 1.76. The maximum Gasteiger partial charge on any atom is 0.366 e. The number of carbonyl (C=O) groups excluding carboxylic acids is 1. The van der Waals surface area contributed by atoms with Gasteiger partial charge in [0.2, 0.25) is 0 Å². The third kappa shape index (κ3) is 2.45. The molecular formula is C14H13NO4. The van der Waals surface area contributed by atoms with Crippen LogP contribution in [0.15, 0.2) is 34.9 Å². The number of benzene rings is 1. The number of ether oxygens (including phenoxy) is 2. The highest BCUT2D eigenvalue weighted by Crippen LogP contribution is 2.40. The van der Waals surface area contributed by atoms with Gasteiger partial charge in [-0.15, -0.1) is 0 Å². The molecule has 0 aliphatic heterocycles. The smallest absolute Gasteiger partial charge is 0.366 e. The summed E-state index contributed by atoms with van der Waals surface area (Å²) in [6.45, 7) is 0. The van der Waals surface area contributed by atoms with Crippen LogP contribution < -0.4 is 9.47 Å². The van der Waals surface area contributed by atoms with Crippen molar-refractivity contribution in [3.63, 3.8) is 0 Å². The predicted molar refractivity (Wildman–Crippen MR) is 66.4 cm³/mol. The fraction of sp³-hybridized carbons (Fsp3) is 0.286. The first kappa shape index (κ1) is 11.8. The molecule has 0 atom stereocenters. The minimum absolute atomic E-state index is 0.188. The average Bonchev–Trinajstić information content (AvgIpc) is 3.17. The first-order valence-electron chi connectivity index (χ1n) is 6.09. The van der Waals surface area contributed by atoms with Crippen LogP contribution in [0.1, 0.15) is 35.0 Å². The summed E-state index contributed by atoms with van der Waals surface area (Å²) in [4.78, 5) is 11.9. The minimum atomic E-state index is -0.542. The zero-order valence-electron chi connectivity index (χ0n) is 10.5. The Morgan fingerprint density at radius 3 is 2.74 bits per heavy atom. The predicted octanol–water partition coefficient (Wildman–Crippen LogP) is 2.78. The molecule has 98 valence electrons. The molecule has 0 N–H and O–H groups in total. The first-order valence-corrected chi connectivity index (χ1v) is 6.09. The standard InChI is InChI=1S/C14H13NO4/c1-17-11-4-2-3-5-12(11)18-14(16)10-8-13(19-15-10)9-6-7-9/h2-5,8-9H,6-7H2,1H3. The lowest BCUT2D eigenvalue weighted by Gasteiger charge is -2.06. The van der Waals surface area contributed by atoms with Crippen LogP contribution in [0.4, 0.5) is 0 Å². The molecule has 1 heterocycles. The quantitative estimate of drug-likeness (QED) is 0.624. The highest BCUT2D eigenvalue weighted by atomic mass is 16.6. The molecule has 0 spiro atoms. The fourth-order valence-corrected chi connectivity index (χ4v) is 1.80. The SMILES string of the molecule is COc1ccccc1OC(=O)c1cc(C2CC2)on1. The number of aromatic nitrogens is 1. The van der Waals surface area contributed by atoms with Gasteiger partial charge in [-0.25, -0.2) is 4.79 Å². The summed E-state index contributed by atoms with van der Waals surface area (Å²) in [6, 6.07) is 8.61. The van der Waals surface area contributed by atoms with Gasteiger partial charge in [-0.3, -0.25) is 0 Å². The van der Waals surface area contributed by atoms with E-state index in [-0.39, 0.29) is 5.69 Å². The van der Waals surface area contributed by atoms with Gasteiger partial charge in [-0.05, 0) is 25.0 Å². The van der Waals surface area contributed by atoms with Crippen LogP contribution in [0.5, 0.6) is 11.5 Å². The second kappa shape index (κ2) is 4.76. The zero-order chi connectivity index (χ0) is 13.2. The number of para-hydroxylation sites is 2. The van der Waals surface area contributed by atoms with E-state index >= 15 is 0 Å². The van der Waals surface area contributed by atoms with Gasteiger partial charge in [-0.1, -0.05) is 17.3 Å². The van der Waals surface area contributed by atoms with Gasteiger partial charge in [0.25, 0.3) is 0 Å². The molecule has 3 rings (SSSR count). The molecule has 1 saturated carbocycles. The molecule has 5 heteroatoms. The molecule has 1 aliphatic carbocycles. The summed E-state index contributed by atoms with van der Waals surface area (Å²) in [5.74, 6) is 1.50. The van der Waals surface area contributed by atoms with Crippen LogP contribution in [-0.4, -0.2) is 18.2 Å². The third-order valence-electron chi connectivity index (χ3n) is 2.99. The van der Waals surface area contributed by atoms with Crippen LogP contribution in [0, 0.1) is 0 Å². The van der Waals surface area contributed by atoms with Crippen molar-refractivity contribution in [1.82, 2.24) is 5.16 Å². The molecule has 0 amide bonds. The summed E-state index contributed by atoms with van der Waals surface area (Å²) >= 11 is 0. The zero-order valence-corrected chi connectivity index (χ0v) is 10.5. The summed E-state index contributed by atoms with van der Waals surface area (Å²) in [5.41, 5.74) is 0.188. The lowest BCUT2D eigenvalue weighted by molar-refractivity contribution is 0.0719. The van der Waals surface area contributed by atoms with Crippen molar-refractivity contribution in [3.8, 4) is 11.5 Å². The van der Waals surface area contributed by atoms with Gasteiger partial charge in [0.1, 0.15) is 5.76 Å². The maximum atomic E-state index is 11.9. The molecular weight excluding hydrogens is 246 g/mol. The number of esters is 1. The molecule has 1 aliphatic rings. The van der Waals surface area contributed by atoms with Gasteiger partial charge >= 0.3 is 5.97 Å². The van der Waals surface area contributed by atoms with Gasteiger partial charge < -0.3 is 14.0 Å². The van der Waals surface area contributed by atoms with E-state index < -0.39 is 5.97 Å². The maximum absolute atomic E-state index is 11.9. The Kier molecular flexibility index (Phi) is 2.95. The molecule has 1 aromatic heterocycles. The van der Waals surface area contributed by atoms with Crippen LogP contribution in [0.2, 0.25) is 0 Å².